The first-order valence-electron chi connectivity index (χ1n) is 15.4. The minimum atomic E-state index is -4.35. The molecular weight excluding hydrogens is 533 g/mol. The molecule has 0 rings (SSSR count). The van der Waals surface area contributed by atoms with Crippen molar-refractivity contribution >= 4 is 19.8 Å². The predicted molar refractivity (Wildman–Crippen MR) is 160 cm³/mol. The number of phosphoric acid groups is 1. The van der Waals surface area contributed by atoms with Gasteiger partial charge >= 0.3 is 19.8 Å². The molecule has 0 heterocycles. The van der Waals surface area contributed by atoms with Gasteiger partial charge in [-0.1, -0.05) is 83.3 Å². The highest BCUT2D eigenvalue weighted by molar-refractivity contribution is 7.47. The Kier molecular flexibility index (Phi) is 23.6. The van der Waals surface area contributed by atoms with Crippen molar-refractivity contribution in [3.05, 3.63) is 12.2 Å². The Morgan fingerprint density at radius 1 is 0.800 bits per heavy atom. The molecule has 1 unspecified atom stereocenters. The Morgan fingerprint density at radius 2 is 1.35 bits per heavy atom. The van der Waals surface area contributed by atoms with Crippen molar-refractivity contribution in [2.75, 3.05) is 47.5 Å². The molecule has 236 valence electrons. The van der Waals surface area contributed by atoms with E-state index in [0.29, 0.717) is 17.4 Å². The molecule has 9 nitrogen and oxygen atoms in total. The maximum absolute atomic E-state index is 12.4. The average molecular weight is 593 g/mol. The number of allylic oxidation sites excluding steroid dienone is 2. The van der Waals surface area contributed by atoms with Gasteiger partial charge in [-0.25, -0.2) is 4.57 Å². The summed E-state index contributed by atoms with van der Waals surface area (Å²) in [5, 5.41) is 0. The first-order chi connectivity index (χ1) is 19.0. The number of ether oxygens (including phenoxy) is 2. The lowest BCUT2D eigenvalue weighted by Crippen LogP contribution is -2.37. The number of carbonyl (C=O) groups is 2. The second kappa shape index (κ2) is 24.4. The first kappa shape index (κ1) is 38.8. The van der Waals surface area contributed by atoms with Crippen LogP contribution in [-0.2, 0) is 32.7 Å². The highest BCUT2D eigenvalue weighted by Crippen LogP contribution is 2.43. The Morgan fingerprint density at radius 3 is 1.93 bits per heavy atom. The van der Waals surface area contributed by atoms with E-state index in [2.05, 4.69) is 19.1 Å². The molecule has 0 aromatic rings. The van der Waals surface area contributed by atoms with E-state index >= 15 is 0 Å². The summed E-state index contributed by atoms with van der Waals surface area (Å²) in [5.74, 6) is -0.823. The Labute approximate surface area is 244 Å². The van der Waals surface area contributed by atoms with Gasteiger partial charge in [-0.3, -0.25) is 18.6 Å². The number of likely N-dealkylation sites (N-methyl/N-ethyl adjacent to an activating group) is 1. The van der Waals surface area contributed by atoms with E-state index in [1.807, 2.05) is 28.1 Å². The van der Waals surface area contributed by atoms with Crippen molar-refractivity contribution in [3.63, 3.8) is 0 Å². The molecule has 0 radical (unpaired) electrons. The van der Waals surface area contributed by atoms with E-state index < -0.39 is 26.5 Å². The van der Waals surface area contributed by atoms with Gasteiger partial charge in [-0.05, 0) is 32.6 Å². The van der Waals surface area contributed by atoms with Gasteiger partial charge in [0, 0.05) is 12.8 Å². The summed E-state index contributed by atoms with van der Waals surface area (Å²) >= 11 is 0. The SMILES string of the molecule is C/C=C/CCCCCCCC(=O)O[C@H](COC(=O)CCCCCCCCCC)COP(=O)(O)OCC[N+](C)(C)C. The normalized spacial score (nSPS) is 14.2. The van der Waals surface area contributed by atoms with Crippen LogP contribution in [0.3, 0.4) is 0 Å². The van der Waals surface area contributed by atoms with Crippen molar-refractivity contribution in [2.24, 2.45) is 0 Å². The van der Waals surface area contributed by atoms with Crippen molar-refractivity contribution < 1.29 is 42.1 Å². The molecule has 0 saturated heterocycles. The van der Waals surface area contributed by atoms with Crippen LogP contribution in [0.25, 0.3) is 0 Å². The van der Waals surface area contributed by atoms with Crippen molar-refractivity contribution in [3.8, 4) is 0 Å². The Hall–Kier alpha value is -1.25. The molecule has 10 heteroatoms. The summed E-state index contributed by atoms with van der Waals surface area (Å²) in [6, 6.07) is 0. The highest BCUT2D eigenvalue weighted by Gasteiger charge is 2.27. The van der Waals surface area contributed by atoms with Crippen LogP contribution in [0, 0.1) is 0 Å². The number of unbranched alkanes of at least 4 members (excludes halogenated alkanes) is 12. The van der Waals surface area contributed by atoms with Crippen LogP contribution in [0.4, 0.5) is 0 Å². The number of esters is 2. The number of phosphoric ester groups is 1. The molecule has 0 aliphatic rings. The van der Waals surface area contributed by atoms with E-state index in [4.69, 9.17) is 18.5 Å². The molecule has 1 N–H and O–H groups in total. The van der Waals surface area contributed by atoms with Gasteiger partial charge in [0.05, 0.1) is 27.7 Å². The lowest BCUT2D eigenvalue weighted by molar-refractivity contribution is -0.870. The third kappa shape index (κ3) is 26.9. The van der Waals surface area contributed by atoms with Crippen molar-refractivity contribution in [1.29, 1.82) is 0 Å². The summed E-state index contributed by atoms with van der Waals surface area (Å²) in [5.41, 5.74) is 0. The smallest absolute Gasteiger partial charge is 0.462 e. The maximum atomic E-state index is 12.4. The van der Waals surface area contributed by atoms with E-state index in [1.165, 1.54) is 32.1 Å². The van der Waals surface area contributed by atoms with Crippen LogP contribution < -0.4 is 0 Å². The topological polar surface area (TPSA) is 108 Å². The van der Waals surface area contributed by atoms with E-state index in [1.54, 1.807) is 0 Å². The molecule has 0 saturated carbocycles. The third-order valence-corrected chi connectivity index (χ3v) is 7.37. The van der Waals surface area contributed by atoms with E-state index in [-0.39, 0.29) is 32.0 Å². The minimum absolute atomic E-state index is 0.0318. The van der Waals surface area contributed by atoms with Crippen LogP contribution in [0.15, 0.2) is 12.2 Å². The molecule has 40 heavy (non-hydrogen) atoms. The minimum Gasteiger partial charge on any atom is -0.462 e. The molecule has 0 bridgehead atoms. The summed E-state index contributed by atoms with van der Waals surface area (Å²) < 4.78 is 33.8. The molecule has 0 fully saturated rings. The fourth-order valence-corrected chi connectivity index (χ4v) is 4.64. The summed E-state index contributed by atoms with van der Waals surface area (Å²) in [6.45, 7) is 4.12. The van der Waals surface area contributed by atoms with E-state index in [9.17, 15) is 19.0 Å². The number of rotatable bonds is 27. The van der Waals surface area contributed by atoms with Crippen LogP contribution in [0.5, 0.6) is 0 Å². The quantitative estimate of drug-likeness (QED) is 0.0353. The zero-order valence-electron chi connectivity index (χ0n) is 26.1. The maximum Gasteiger partial charge on any atom is 0.472 e. The largest absolute Gasteiger partial charge is 0.472 e. The number of carbonyl (C=O) groups excluding carboxylic acids is 2. The molecule has 0 aromatic heterocycles. The van der Waals surface area contributed by atoms with Gasteiger partial charge in [-0.2, -0.15) is 0 Å². The number of quaternary nitrogens is 1. The number of hydrogen-bond donors (Lipinski definition) is 1. The van der Waals surface area contributed by atoms with Crippen LogP contribution >= 0.6 is 7.82 Å². The standard InChI is InChI=1S/C30H58NO8P/c1-6-8-10-12-14-16-18-20-22-29(32)36-26-28(27-38-40(34,35)37-25-24-31(3,4)5)39-30(33)23-21-19-17-15-13-11-9-7-2/h7,9,28H,6,8,10-27H2,1-5H3/p+1/b9-7+/t28-/m1/s1. The van der Waals surface area contributed by atoms with Crippen LogP contribution in [-0.4, -0.2) is 74.9 Å². The van der Waals surface area contributed by atoms with Gasteiger partial charge < -0.3 is 18.9 Å². The van der Waals surface area contributed by atoms with E-state index in [0.717, 1.165) is 51.4 Å². The lowest BCUT2D eigenvalue weighted by atomic mass is 10.1. The summed E-state index contributed by atoms with van der Waals surface area (Å²) in [4.78, 5) is 34.7. The fraction of sp³-hybridized carbons (Fsp3) is 0.867. The molecule has 0 amide bonds. The van der Waals surface area contributed by atoms with Gasteiger partial charge in [0.25, 0.3) is 0 Å². The zero-order chi connectivity index (χ0) is 30.1. The van der Waals surface area contributed by atoms with Gasteiger partial charge in [0.2, 0.25) is 0 Å². The highest BCUT2D eigenvalue weighted by atomic mass is 31.2. The first-order valence-corrected chi connectivity index (χ1v) is 16.9. The van der Waals surface area contributed by atoms with Gasteiger partial charge in [0.1, 0.15) is 19.8 Å². The van der Waals surface area contributed by atoms with Crippen molar-refractivity contribution in [1.82, 2.24) is 0 Å². The van der Waals surface area contributed by atoms with Gasteiger partial charge in [-0.15, -0.1) is 0 Å². The van der Waals surface area contributed by atoms with Crippen LogP contribution in [0.1, 0.15) is 117 Å². The third-order valence-electron chi connectivity index (χ3n) is 6.39. The average Bonchev–Trinajstić information content (AvgIpc) is 2.88. The Bertz CT molecular complexity index is 723. The fourth-order valence-electron chi connectivity index (χ4n) is 3.90. The number of hydrogen-bond acceptors (Lipinski definition) is 7. The van der Waals surface area contributed by atoms with Crippen LogP contribution in [0.2, 0.25) is 0 Å². The lowest BCUT2D eigenvalue weighted by Gasteiger charge is -2.24. The number of nitrogens with zero attached hydrogens (tertiary/aromatic N) is 1. The summed E-state index contributed by atoms with van der Waals surface area (Å²) in [7, 11) is 1.47. The molecular formula is C30H59NO8P+. The molecule has 0 aliphatic carbocycles. The second-order valence-corrected chi connectivity index (χ2v) is 13.0. The van der Waals surface area contributed by atoms with Gasteiger partial charge in [0.15, 0.2) is 6.10 Å². The summed E-state index contributed by atoms with van der Waals surface area (Å²) in [6.07, 6.45) is 18.7. The Balaban J connectivity index is 4.56. The zero-order valence-corrected chi connectivity index (χ0v) is 27.0. The molecule has 2 atom stereocenters. The monoisotopic (exact) mass is 592 g/mol. The molecule has 0 aliphatic heterocycles. The van der Waals surface area contributed by atoms with Crippen molar-refractivity contribution in [2.45, 2.75) is 123 Å². The molecule has 0 aromatic carbocycles. The molecule has 0 spiro atoms. The second-order valence-electron chi connectivity index (χ2n) is 11.5. The predicted octanol–water partition coefficient (Wildman–Crippen LogP) is 7.12.